The SMILES string of the molecule is O=C(CNc1ccc(Cl)cc1)NC1CCc2nncn2CC1. The number of fused-ring (bicyclic) bond motifs is 1. The quantitative estimate of drug-likeness (QED) is 0.902. The molecule has 0 saturated carbocycles. The number of anilines is 1. The molecule has 7 heteroatoms. The van der Waals surface area contributed by atoms with Crippen molar-refractivity contribution in [1.29, 1.82) is 0 Å². The van der Waals surface area contributed by atoms with Crippen molar-refractivity contribution in [2.75, 3.05) is 11.9 Å². The summed E-state index contributed by atoms with van der Waals surface area (Å²) in [6, 6.07) is 7.48. The number of carbonyl (C=O) groups is 1. The lowest BCUT2D eigenvalue weighted by molar-refractivity contribution is -0.120. The van der Waals surface area contributed by atoms with E-state index in [1.165, 1.54) is 0 Å². The molecule has 22 heavy (non-hydrogen) atoms. The summed E-state index contributed by atoms with van der Waals surface area (Å²) in [4.78, 5) is 12.0. The van der Waals surface area contributed by atoms with E-state index in [0.717, 1.165) is 37.3 Å². The summed E-state index contributed by atoms with van der Waals surface area (Å²) >= 11 is 5.83. The zero-order valence-electron chi connectivity index (χ0n) is 12.1. The van der Waals surface area contributed by atoms with Crippen LogP contribution >= 0.6 is 11.6 Å². The van der Waals surface area contributed by atoms with Gasteiger partial charge in [0, 0.05) is 29.7 Å². The van der Waals surface area contributed by atoms with Gasteiger partial charge in [-0.15, -0.1) is 10.2 Å². The van der Waals surface area contributed by atoms with Crippen LogP contribution in [0.4, 0.5) is 5.69 Å². The number of aromatic nitrogens is 3. The van der Waals surface area contributed by atoms with Gasteiger partial charge in [-0.3, -0.25) is 4.79 Å². The van der Waals surface area contributed by atoms with Gasteiger partial charge in [0.05, 0.1) is 6.54 Å². The normalized spacial score (nSPS) is 17.4. The van der Waals surface area contributed by atoms with Gasteiger partial charge in [-0.25, -0.2) is 0 Å². The van der Waals surface area contributed by atoms with E-state index in [0.29, 0.717) is 5.02 Å². The Kier molecular flexibility index (Phi) is 4.58. The third kappa shape index (κ3) is 3.76. The molecule has 1 aromatic heterocycles. The van der Waals surface area contributed by atoms with E-state index >= 15 is 0 Å². The predicted molar refractivity (Wildman–Crippen MR) is 84.8 cm³/mol. The van der Waals surface area contributed by atoms with Gasteiger partial charge in [0.2, 0.25) is 5.91 Å². The van der Waals surface area contributed by atoms with Gasteiger partial charge in [0.1, 0.15) is 12.2 Å². The van der Waals surface area contributed by atoms with Crippen molar-refractivity contribution in [3.8, 4) is 0 Å². The molecule has 116 valence electrons. The maximum absolute atomic E-state index is 12.0. The molecule has 1 atom stereocenters. The molecule has 1 aliphatic heterocycles. The van der Waals surface area contributed by atoms with Crippen LogP contribution < -0.4 is 10.6 Å². The minimum absolute atomic E-state index is 0.00221. The molecule has 1 aliphatic rings. The summed E-state index contributed by atoms with van der Waals surface area (Å²) in [5.41, 5.74) is 0.881. The number of carbonyl (C=O) groups excluding carboxylic acids is 1. The van der Waals surface area contributed by atoms with Crippen molar-refractivity contribution in [2.45, 2.75) is 31.8 Å². The molecule has 2 heterocycles. The van der Waals surface area contributed by atoms with Crippen molar-refractivity contribution in [3.63, 3.8) is 0 Å². The van der Waals surface area contributed by atoms with Crippen molar-refractivity contribution < 1.29 is 4.79 Å². The van der Waals surface area contributed by atoms with E-state index in [2.05, 4.69) is 25.4 Å². The van der Waals surface area contributed by atoms with Gasteiger partial charge >= 0.3 is 0 Å². The number of hydrogen-bond acceptors (Lipinski definition) is 4. The molecule has 0 radical (unpaired) electrons. The van der Waals surface area contributed by atoms with E-state index in [9.17, 15) is 4.79 Å². The van der Waals surface area contributed by atoms with E-state index in [1.807, 2.05) is 12.1 Å². The van der Waals surface area contributed by atoms with Crippen molar-refractivity contribution in [3.05, 3.63) is 41.4 Å². The highest BCUT2D eigenvalue weighted by molar-refractivity contribution is 6.30. The van der Waals surface area contributed by atoms with Crippen molar-refractivity contribution in [2.24, 2.45) is 0 Å². The summed E-state index contributed by atoms with van der Waals surface area (Å²) in [6.45, 7) is 1.10. The first-order valence-corrected chi connectivity index (χ1v) is 7.74. The first-order valence-electron chi connectivity index (χ1n) is 7.36. The Bertz CT molecular complexity index is 617. The monoisotopic (exact) mass is 319 g/mol. The highest BCUT2D eigenvalue weighted by Gasteiger charge is 2.18. The van der Waals surface area contributed by atoms with Gasteiger partial charge < -0.3 is 15.2 Å². The molecule has 1 aromatic carbocycles. The average molecular weight is 320 g/mol. The molecule has 6 nitrogen and oxygen atoms in total. The Morgan fingerprint density at radius 2 is 2.14 bits per heavy atom. The number of benzene rings is 1. The van der Waals surface area contributed by atoms with E-state index in [1.54, 1.807) is 18.5 Å². The van der Waals surface area contributed by atoms with Crippen LogP contribution in [0, 0.1) is 0 Å². The minimum atomic E-state index is -0.00221. The maximum atomic E-state index is 12.0. The summed E-state index contributed by atoms with van der Waals surface area (Å²) in [5.74, 6) is 0.994. The molecule has 0 aliphatic carbocycles. The van der Waals surface area contributed by atoms with E-state index in [4.69, 9.17) is 11.6 Å². The lowest BCUT2D eigenvalue weighted by Crippen LogP contribution is -2.38. The lowest BCUT2D eigenvalue weighted by Gasteiger charge is -2.16. The predicted octanol–water partition coefficient (Wildman–Crippen LogP) is 1.86. The number of amides is 1. The number of hydrogen-bond donors (Lipinski definition) is 2. The highest BCUT2D eigenvalue weighted by Crippen LogP contribution is 2.14. The smallest absolute Gasteiger partial charge is 0.239 e. The van der Waals surface area contributed by atoms with Gasteiger partial charge in [-0.2, -0.15) is 0 Å². The van der Waals surface area contributed by atoms with Crippen molar-refractivity contribution in [1.82, 2.24) is 20.1 Å². The molecule has 0 bridgehead atoms. The van der Waals surface area contributed by atoms with E-state index in [-0.39, 0.29) is 18.5 Å². The fourth-order valence-electron chi connectivity index (χ4n) is 2.57. The number of nitrogens with zero attached hydrogens (tertiary/aromatic N) is 3. The Balaban J connectivity index is 1.46. The maximum Gasteiger partial charge on any atom is 0.239 e. The van der Waals surface area contributed by atoms with Gasteiger partial charge in [-0.1, -0.05) is 11.6 Å². The zero-order valence-corrected chi connectivity index (χ0v) is 12.9. The lowest BCUT2D eigenvalue weighted by atomic mass is 10.1. The second-order valence-corrected chi connectivity index (χ2v) is 5.83. The van der Waals surface area contributed by atoms with Crippen LogP contribution in [0.5, 0.6) is 0 Å². The zero-order chi connectivity index (χ0) is 15.4. The number of halogens is 1. The average Bonchev–Trinajstić information content (AvgIpc) is 2.89. The molecule has 1 unspecified atom stereocenters. The molecular formula is C15H18ClN5O. The van der Waals surface area contributed by atoms with Crippen molar-refractivity contribution >= 4 is 23.2 Å². The minimum Gasteiger partial charge on any atom is -0.376 e. The Labute approximate surface area is 133 Å². The van der Waals surface area contributed by atoms with Gasteiger partial charge in [0.25, 0.3) is 0 Å². The Morgan fingerprint density at radius 1 is 1.32 bits per heavy atom. The third-order valence-electron chi connectivity index (χ3n) is 3.79. The van der Waals surface area contributed by atoms with Gasteiger partial charge in [0.15, 0.2) is 0 Å². The Hall–Kier alpha value is -2.08. The molecule has 0 fully saturated rings. The molecule has 2 N–H and O–H groups in total. The molecule has 0 saturated heterocycles. The first-order chi connectivity index (χ1) is 10.7. The summed E-state index contributed by atoms with van der Waals surface area (Å²) in [7, 11) is 0. The van der Waals surface area contributed by atoms with E-state index < -0.39 is 0 Å². The molecule has 1 amide bonds. The number of nitrogens with one attached hydrogen (secondary N) is 2. The highest BCUT2D eigenvalue weighted by atomic mass is 35.5. The van der Waals surface area contributed by atoms with Crippen LogP contribution in [0.2, 0.25) is 5.02 Å². The largest absolute Gasteiger partial charge is 0.376 e. The van der Waals surface area contributed by atoms with Crippen LogP contribution in [0.3, 0.4) is 0 Å². The first kappa shape index (κ1) is 14.8. The molecule has 3 rings (SSSR count). The standard InChI is InChI=1S/C15H18ClN5O/c16-11-1-3-12(4-2-11)17-9-15(22)19-13-5-6-14-20-18-10-21(14)8-7-13/h1-4,10,13,17H,5-9H2,(H,19,22). The second-order valence-electron chi connectivity index (χ2n) is 5.39. The summed E-state index contributed by atoms with van der Waals surface area (Å²) in [5, 5.41) is 14.8. The van der Waals surface area contributed by atoms with Gasteiger partial charge in [-0.05, 0) is 37.1 Å². The number of rotatable bonds is 4. The number of aryl methyl sites for hydroxylation is 2. The third-order valence-corrected chi connectivity index (χ3v) is 4.04. The fraction of sp³-hybridized carbons (Fsp3) is 0.400. The molecule has 0 spiro atoms. The van der Waals surface area contributed by atoms with Crippen LogP contribution in [0.25, 0.3) is 0 Å². The second kappa shape index (κ2) is 6.79. The topological polar surface area (TPSA) is 71.8 Å². The Morgan fingerprint density at radius 3 is 2.95 bits per heavy atom. The fourth-order valence-corrected chi connectivity index (χ4v) is 2.70. The summed E-state index contributed by atoms with van der Waals surface area (Å²) in [6.07, 6.45) is 4.39. The van der Waals surface area contributed by atoms with Crippen LogP contribution in [0.15, 0.2) is 30.6 Å². The summed E-state index contributed by atoms with van der Waals surface area (Å²) < 4.78 is 2.05. The van der Waals surface area contributed by atoms with Crippen LogP contribution in [-0.2, 0) is 17.8 Å². The van der Waals surface area contributed by atoms with Crippen LogP contribution in [-0.4, -0.2) is 33.3 Å². The molecular weight excluding hydrogens is 302 g/mol. The molecule has 2 aromatic rings. The van der Waals surface area contributed by atoms with Crippen LogP contribution in [0.1, 0.15) is 18.7 Å².